The van der Waals surface area contributed by atoms with Gasteiger partial charge < -0.3 is 9.62 Å². The van der Waals surface area contributed by atoms with E-state index in [1.807, 2.05) is 34.9 Å². The predicted octanol–water partition coefficient (Wildman–Crippen LogP) is 6.94. The number of hydrogen-bond acceptors (Lipinski definition) is 4. The van der Waals surface area contributed by atoms with Crippen LogP contribution in [-0.2, 0) is 6.42 Å². The van der Waals surface area contributed by atoms with Gasteiger partial charge in [-0.2, -0.15) is 0 Å². The van der Waals surface area contributed by atoms with Gasteiger partial charge in [-0.1, -0.05) is 44.7 Å². The first-order chi connectivity index (χ1) is 14.2. The number of benzene rings is 2. The first-order valence-electron chi connectivity index (χ1n) is 10.3. The van der Waals surface area contributed by atoms with Crippen LogP contribution in [0.2, 0.25) is 0 Å². The number of fused-ring (bicyclic) bond motifs is 1. The molecule has 3 rings (SSSR count). The summed E-state index contributed by atoms with van der Waals surface area (Å²) < 4.78 is 15.4. The van der Waals surface area contributed by atoms with Gasteiger partial charge in [0.1, 0.15) is 0 Å². The molecule has 2 aromatic rings. The molecule has 6 heteroatoms. The standard InChI is InChI=1S/C23H29FN2OS2/c1-2-3-4-5-8-15-28-19-11-12-22-18(16-19)13-14-26(22)23(27)20-9-6-7-10-21(20)25-29-17-24/h6-7,9-12,16,25H,2-5,8,13-15,17H2,1H3. The van der Waals surface area contributed by atoms with Crippen LogP contribution in [0.25, 0.3) is 0 Å². The van der Waals surface area contributed by atoms with Gasteiger partial charge in [0.2, 0.25) is 0 Å². The molecule has 2 aromatic carbocycles. The van der Waals surface area contributed by atoms with Gasteiger partial charge in [-0.05, 0) is 66.4 Å². The Morgan fingerprint density at radius 3 is 2.79 bits per heavy atom. The molecule has 0 spiro atoms. The molecule has 0 saturated carbocycles. The van der Waals surface area contributed by atoms with Gasteiger partial charge in [0.15, 0.2) is 6.01 Å². The summed E-state index contributed by atoms with van der Waals surface area (Å²) in [4.78, 5) is 16.3. The Labute approximate surface area is 182 Å². The molecule has 0 radical (unpaired) electrons. The molecule has 1 aliphatic rings. The van der Waals surface area contributed by atoms with Crippen LogP contribution in [0.15, 0.2) is 47.4 Å². The Balaban J connectivity index is 1.63. The number of halogens is 1. The number of thioether (sulfide) groups is 1. The summed E-state index contributed by atoms with van der Waals surface area (Å²) in [6, 6.07) is 13.2. The zero-order chi connectivity index (χ0) is 20.5. The van der Waals surface area contributed by atoms with Crippen LogP contribution in [0, 0.1) is 0 Å². The van der Waals surface area contributed by atoms with E-state index in [0.717, 1.165) is 29.8 Å². The summed E-state index contributed by atoms with van der Waals surface area (Å²) in [7, 11) is 0. The molecule has 0 aliphatic carbocycles. The third-order valence-electron chi connectivity index (χ3n) is 5.10. The fraction of sp³-hybridized carbons (Fsp3) is 0.435. The van der Waals surface area contributed by atoms with Crippen LogP contribution in [0.3, 0.4) is 0 Å². The highest BCUT2D eigenvalue weighted by molar-refractivity contribution is 8.00. The van der Waals surface area contributed by atoms with E-state index in [0.29, 0.717) is 17.8 Å². The van der Waals surface area contributed by atoms with Gasteiger partial charge in [-0.25, -0.2) is 4.39 Å². The number of para-hydroxylation sites is 1. The fourth-order valence-electron chi connectivity index (χ4n) is 3.58. The molecule has 0 saturated heterocycles. The molecular weight excluding hydrogens is 403 g/mol. The van der Waals surface area contributed by atoms with Gasteiger partial charge in [-0.15, -0.1) is 11.8 Å². The molecule has 29 heavy (non-hydrogen) atoms. The molecule has 0 fully saturated rings. The quantitative estimate of drug-likeness (QED) is 0.237. The second kappa shape index (κ2) is 11.5. The van der Waals surface area contributed by atoms with Crippen molar-refractivity contribution >= 4 is 41.0 Å². The van der Waals surface area contributed by atoms with Crippen molar-refractivity contribution in [2.75, 3.05) is 27.9 Å². The summed E-state index contributed by atoms with van der Waals surface area (Å²) in [6.45, 7) is 2.93. The van der Waals surface area contributed by atoms with Gasteiger partial charge >= 0.3 is 0 Å². The fourth-order valence-corrected chi connectivity index (χ4v) is 4.95. The van der Waals surface area contributed by atoms with Gasteiger partial charge in [0.25, 0.3) is 5.91 Å². The van der Waals surface area contributed by atoms with Gasteiger partial charge in [-0.3, -0.25) is 4.79 Å². The number of carbonyl (C=O) groups is 1. The number of alkyl halides is 1. The normalized spacial score (nSPS) is 12.8. The average Bonchev–Trinajstić information content (AvgIpc) is 3.17. The third-order valence-corrected chi connectivity index (χ3v) is 6.66. The van der Waals surface area contributed by atoms with Crippen LogP contribution in [0.1, 0.15) is 54.9 Å². The molecule has 1 heterocycles. The van der Waals surface area contributed by atoms with Crippen LogP contribution in [0.4, 0.5) is 15.8 Å². The topological polar surface area (TPSA) is 32.3 Å². The Morgan fingerprint density at radius 1 is 1.14 bits per heavy atom. The SMILES string of the molecule is CCCCCCCSc1ccc2c(c1)CCN2C(=O)c1ccccc1NSCF. The van der Waals surface area contributed by atoms with Crippen LogP contribution in [-0.4, -0.2) is 24.2 Å². The maximum Gasteiger partial charge on any atom is 0.260 e. The highest BCUT2D eigenvalue weighted by atomic mass is 32.2. The van der Waals surface area contributed by atoms with Crippen molar-refractivity contribution in [3.05, 3.63) is 53.6 Å². The minimum absolute atomic E-state index is 0.0392. The molecule has 0 bridgehead atoms. The molecule has 156 valence electrons. The monoisotopic (exact) mass is 432 g/mol. The van der Waals surface area contributed by atoms with Crippen LogP contribution in [0.5, 0.6) is 0 Å². The van der Waals surface area contributed by atoms with E-state index in [1.165, 1.54) is 42.6 Å². The van der Waals surface area contributed by atoms with E-state index >= 15 is 0 Å². The summed E-state index contributed by atoms with van der Waals surface area (Å²) >= 11 is 2.86. The number of nitrogens with one attached hydrogen (secondary N) is 1. The average molecular weight is 433 g/mol. The maximum absolute atomic E-state index is 13.2. The maximum atomic E-state index is 13.2. The number of carbonyl (C=O) groups excluding carboxylic acids is 1. The minimum Gasteiger partial charge on any atom is -0.327 e. The lowest BCUT2D eigenvalue weighted by atomic mass is 10.1. The summed E-state index contributed by atoms with van der Waals surface area (Å²) in [6.07, 6.45) is 7.38. The molecule has 1 N–H and O–H groups in total. The lowest BCUT2D eigenvalue weighted by Crippen LogP contribution is -2.29. The molecule has 0 aromatic heterocycles. The van der Waals surface area contributed by atoms with E-state index in [9.17, 15) is 9.18 Å². The van der Waals surface area contributed by atoms with Crippen LogP contribution >= 0.6 is 23.7 Å². The van der Waals surface area contributed by atoms with E-state index in [-0.39, 0.29) is 5.91 Å². The predicted molar refractivity (Wildman–Crippen MR) is 125 cm³/mol. The Kier molecular flexibility index (Phi) is 8.74. The second-order valence-corrected chi connectivity index (χ2v) is 9.04. The molecule has 3 nitrogen and oxygen atoms in total. The van der Waals surface area contributed by atoms with E-state index in [1.54, 1.807) is 6.07 Å². The largest absolute Gasteiger partial charge is 0.327 e. The second-order valence-electron chi connectivity index (χ2n) is 7.16. The molecule has 0 atom stereocenters. The van der Waals surface area contributed by atoms with Gasteiger partial charge in [0, 0.05) is 17.1 Å². The summed E-state index contributed by atoms with van der Waals surface area (Å²) in [5.74, 6) is 1.11. The summed E-state index contributed by atoms with van der Waals surface area (Å²) in [5.41, 5.74) is 3.46. The smallest absolute Gasteiger partial charge is 0.260 e. The lowest BCUT2D eigenvalue weighted by Gasteiger charge is -2.19. The molecule has 1 amide bonds. The van der Waals surface area contributed by atoms with Crippen molar-refractivity contribution in [1.82, 2.24) is 0 Å². The van der Waals surface area contributed by atoms with E-state index in [4.69, 9.17) is 0 Å². The Morgan fingerprint density at radius 2 is 1.97 bits per heavy atom. The number of anilines is 2. The van der Waals surface area contributed by atoms with Gasteiger partial charge in [0.05, 0.1) is 11.3 Å². The van der Waals surface area contributed by atoms with Crippen molar-refractivity contribution in [3.63, 3.8) is 0 Å². The zero-order valence-electron chi connectivity index (χ0n) is 17.0. The number of unbranched alkanes of at least 4 members (excludes halogenated alkanes) is 4. The van der Waals surface area contributed by atoms with E-state index in [2.05, 4.69) is 29.8 Å². The molecular formula is C23H29FN2OS2. The van der Waals surface area contributed by atoms with Crippen molar-refractivity contribution in [1.29, 1.82) is 0 Å². The van der Waals surface area contributed by atoms with Crippen molar-refractivity contribution < 1.29 is 9.18 Å². The van der Waals surface area contributed by atoms with E-state index < -0.39 is 6.01 Å². The third kappa shape index (κ3) is 5.92. The molecule has 0 unspecified atom stereocenters. The number of rotatable bonds is 11. The number of hydrogen-bond donors (Lipinski definition) is 1. The van der Waals surface area contributed by atoms with Crippen LogP contribution < -0.4 is 9.62 Å². The zero-order valence-corrected chi connectivity index (χ0v) is 18.6. The number of amides is 1. The first-order valence-corrected chi connectivity index (χ1v) is 12.3. The highest BCUT2D eigenvalue weighted by Gasteiger charge is 2.27. The van der Waals surface area contributed by atoms with Crippen molar-refractivity contribution in [2.24, 2.45) is 0 Å². The van der Waals surface area contributed by atoms with Crippen molar-refractivity contribution in [2.45, 2.75) is 50.3 Å². The highest BCUT2D eigenvalue weighted by Crippen LogP contribution is 2.34. The Bertz CT molecular complexity index is 815. The van der Waals surface area contributed by atoms with Crippen molar-refractivity contribution in [3.8, 4) is 0 Å². The Hall–Kier alpha value is -1.66. The summed E-state index contributed by atoms with van der Waals surface area (Å²) in [5, 5.41) is 0. The number of nitrogens with zero attached hydrogens (tertiary/aromatic N) is 1. The minimum atomic E-state index is -0.548. The lowest BCUT2D eigenvalue weighted by molar-refractivity contribution is 0.0990. The first kappa shape index (κ1) is 22.0. The molecule has 1 aliphatic heterocycles.